The van der Waals surface area contributed by atoms with Crippen LogP contribution in [0.5, 0.6) is 0 Å². The summed E-state index contributed by atoms with van der Waals surface area (Å²) in [6.45, 7) is 2.14. The Balaban J connectivity index is 1.83. The number of hydrazine groups is 1. The van der Waals surface area contributed by atoms with Gasteiger partial charge in [-0.05, 0) is 26.3 Å². The maximum Gasteiger partial charge on any atom is 0.0446 e. The van der Waals surface area contributed by atoms with E-state index in [4.69, 9.17) is 11.6 Å². The minimum Gasteiger partial charge on any atom is -0.401 e. The van der Waals surface area contributed by atoms with E-state index in [2.05, 4.69) is 11.9 Å². The van der Waals surface area contributed by atoms with Crippen molar-refractivity contribution in [2.45, 2.75) is 25.3 Å². The van der Waals surface area contributed by atoms with Crippen LogP contribution in [0.3, 0.4) is 0 Å². The molecular formula is C10H20N4. The minimum absolute atomic E-state index is 0.520. The van der Waals surface area contributed by atoms with Crippen LogP contribution in [0.25, 0.3) is 0 Å². The van der Waals surface area contributed by atoms with Gasteiger partial charge in [0.05, 0.1) is 0 Å². The highest BCUT2D eigenvalue weighted by Gasteiger charge is 2.27. The van der Waals surface area contributed by atoms with Crippen molar-refractivity contribution in [2.75, 3.05) is 20.1 Å². The van der Waals surface area contributed by atoms with Crippen molar-refractivity contribution in [1.82, 2.24) is 9.91 Å². The zero-order valence-electron chi connectivity index (χ0n) is 8.82. The summed E-state index contributed by atoms with van der Waals surface area (Å²) in [5, 5.41) is 1.80. The second-order valence-electron chi connectivity index (χ2n) is 4.58. The van der Waals surface area contributed by atoms with Crippen LogP contribution in [0.4, 0.5) is 0 Å². The first-order valence-corrected chi connectivity index (χ1v) is 5.35. The van der Waals surface area contributed by atoms with E-state index < -0.39 is 0 Å². The molecular weight excluding hydrogens is 176 g/mol. The lowest BCUT2D eigenvalue weighted by atomic mass is 9.92. The maximum absolute atomic E-state index is 5.97. The van der Waals surface area contributed by atoms with Crippen molar-refractivity contribution in [1.29, 1.82) is 0 Å². The monoisotopic (exact) mass is 196 g/mol. The topological polar surface area (TPSA) is 58.5 Å². The molecule has 1 aliphatic heterocycles. The van der Waals surface area contributed by atoms with Crippen molar-refractivity contribution >= 4 is 0 Å². The fourth-order valence-corrected chi connectivity index (χ4v) is 1.98. The zero-order valence-corrected chi connectivity index (χ0v) is 8.82. The van der Waals surface area contributed by atoms with E-state index in [0.717, 1.165) is 18.8 Å². The fraction of sp³-hybridized carbons (Fsp3) is 0.800. The molecule has 0 amide bonds. The molecule has 4 nitrogen and oxygen atoms in total. The Morgan fingerprint density at radius 2 is 2.07 bits per heavy atom. The first kappa shape index (κ1) is 9.80. The molecule has 14 heavy (non-hydrogen) atoms. The minimum atomic E-state index is 0.520. The number of hydrogen-bond acceptors (Lipinski definition) is 4. The molecule has 1 aliphatic carbocycles. The van der Waals surface area contributed by atoms with Gasteiger partial charge in [0.2, 0.25) is 0 Å². The second-order valence-corrected chi connectivity index (χ2v) is 4.58. The standard InChI is InChI=1S/C10H20N4/c1-13-5-8(6-13)10(11)7-14(12)9-3-2-4-9/h7-9H,2-6,11-12H2,1H3/b10-7-. The first-order chi connectivity index (χ1) is 6.66. The van der Waals surface area contributed by atoms with Crippen molar-refractivity contribution in [3.05, 3.63) is 11.9 Å². The van der Waals surface area contributed by atoms with Crippen LogP contribution in [-0.2, 0) is 0 Å². The molecule has 0 unspecified atom stereocenters. The Bertz CT molecular complexity index is 228. The van der Waals surface area contributed by atoms with Crippen LogP contribution < -0.4 is 11.6 Å². The fourth-order valence-electron chi connectivity index (χ4n) is 1.98. The summed E-state index contributed by atoms with van der Waals surface area (Å²) in [7, 11) is 2.11. The molecule has 0 aromatic heterocycles. The molecule has 0 bridgehead atoms. The predicted molar refractivity (Wildman–Crippen MR) is 56.9 cm³/mol. The van der Waals surface area contributed by atoms with Gasteiger partial charge < -0.3 is 15.6 Å². The molecule has 4 heteroatoms. The van der Waals surface area contributed by atoms with Gasteiger partial charge in [-0.25, -0.2) is 5.84 Å². The van der Waals surface area contributed by atoms with Crippen LogP contribution in [-0.4, -0.2) is 36.1 Å². The molecule has 80 valence electrons. The van der Waals surface area contributed by atoms with E-state index in [-0.39, 0.29) is 0 Å². The summed E-state index contributed by atoms with van der Waals surface area (Å²) < 4.78 is 0. The largest absolute Gasteiger partial charge is 0.401 e. The lowest BCUT2D eigenvalue weighted by molar-refractivity contribution is 0.150. The van der Waals surface area contributed by atoms with Crippen molar-refractivity contribution in [3.63, 3.8) is 0 Å². The van der Waals surface area contributed by atoms with E-state index >= 15 is 0 Å². The van der Waals surface area contributed by atoms with Crippen LogP contribution in [0.15, 0.2) is 11.9 Å². The first-order valence-electron chi connectivity index (χ1n) is 5.35. The molecule has 0 radical (unpaired) electrons. The highest BCUT2D eigenvalue weighted by atomic mass is 15.4. The van der Waals surface area contributed by atoms with Gasteiger partial charge in [-0.3, -0.25) is 0 Å². The van der Waals surface area contributed by atoms with Crippen LogP contribution in [0.2, 0.25) is 0 Å². The third kappa shape index (κ3) is 1.86. The van der Waals surface area contributed by atoms with Gasteiger partial charge in [-0.1, -0.05) is 0 Å². The Morgan fingerprint density at radius 3 is 2.50 bits per heavy atom. The predicted octanol–water partition coefficient (Wildman–Crippen LogP) is 0.0763. The van der Waals surface area contributed by atoms with Gasteiger partial charge in [-0.2, -0.15) is 0 Å². The number of likely N-dealkylation sites (tertiary alicyclic amines) is 1. The molecule has 0 aromatic rings. The van der Waals surface area contributed by atoms with Crippen molar-refractivity contribution in [3.8, 4) is 0 Å². The molecule has 1 heterocycles. The molecule has 1 saturated carbocycles. The number of nitrogens with two attached hydrogens (primary N) is 2. The lowest BCUT2D eigenvalue weighted by Crippen LogP contribution is -2.48. The molecule has 0 aromatic carbocycles. The lowest BCUT2D eigenvalue weighted by Gasteiger charge is -2.38. The summed E-state index contributed by atoms with van der Waals surface area (Å²) >= 11 is 0. The molecule has 2 aliphatic rings. The number of hydrogen-bond donors (Lipinski definition) is 2. The van der Waals surface area contributed by atoms with E-state index in [0.29, 0.717) is 12.0 Å². The second kappa shape index (κ2) is 3.79. The molecule has 2 rings (SSSR count). The van der Waals surface area contributed by atoms with Crippen molar-refractivity contribution < 1.29 is 0 Å². The quantitative estimate of drug-likeness (QED) is 0.495. The van der Waals surface area contributed by atoms with Gasteiger partial charge in [0, 0.05) is 36.9 Å². The summed E-state index contributed by atoms with van der Waals surface area (Å²) in [6.07, 6.45) is 5.66. The van der Waals surface area contributed by atoms with Crippen molar-refractivity contribution in [2.24, 2.45) is 17.5 Å². The highest BCUT2D eigenvalue weighted by molar-refractivity contribution is 5.07. The molecule has 4 N–H and O–H groups in total. The van der Waals surface area contributed by atoms with E-state index in [1.165, 1.54) is 19.3 Å². The third-order valence-electron chi connectivity index (χ3n) is 3.33. The Hall–Kier alpha value is -0.740. The van der Waals surface area contributed by atoms with Gasteiger partial charge in [-0.15, -0.1) is 0 Å². The molecule has 1 saturated heterocycles. The molecule has 0 spiro atoms. The normalized spacial score (nSPS) is 25.7. The summed E-state index contributed by atoms with van der Waals surface area (Å²) in [5.74, 6) is 6.41. The van der Waals surface area contributed by atoms with Crippen LogP contribution in [0, 0.1) is 5.92 Å². The average molecular weight is 196 g/mol. The number of rotatable bonds is 3. The highest BCUT2D eigenvalue weighted by Crippen LogP contribution is 2.24. The maximum atomic E-state index is 5.97. The zero-order chi connectivity index (χ0) is 10.1. The summed E-state index contributed by atoms with van der Waals surface area (Å²) in [5.41, 5.74) is 6.91. The number of nitrogens with zero attached hydrogens (tertiary/aromatic N) is 2. The van der Waals surface area contributed by atoms with Gasteiger partial charge in [0.1, 0.15) is 0 Å². The van der Waals surface area contributed by atoms with Crippen LogP contribution >= 0.6 is 0 Å². The van der Waals surface area contributed by atoms with Gasteiger partial charge >= 0.3 is 0 Å². The summed E-state index contributed by atoms with van der Waals surface area (Å²) in [4.78, 5) is 2.26. The molecule has 2 fully saturated rings. The van der Waals surface area contributed by atoms with E-state index in [1.807, 2.05) is 6.20 Å². The smallest absolute Gasteiger partial charge is 0.0446 e. The van der Waals surface area contributed by atoms with E-state index in [9.17, 15) is 0 Å². The van der Waals surface area contributed by atoms with E-state index in [1.54, 1.807) is 5.01 Å². The molecule has 0 atom stereocenters. The van der Waals surface area contributed by atoms with Crippen LogP contribution in [0.1, 0.15) is 19.3 Å². The van der Waals surface area contributed by atoms with Gasteiger partial charge in [0.15, 0.2) is 0 Å². The third-order valence-corrected chi connectivity index (χ3v) is 3.33. The summed E-state index contributed by atoms with van der Waals surface area (Å²) in [6, 6.07) is 0.534. The average Bonchev–Trinajstić information content (AvgIpc) is 1.94. The Kier molecular flexibility index (Phi) is 2.65. The SMILES string of the molecule is CN1CC(/C(N)=C/N(N)C2CCC2)C1. The Labute approximate surface area is 85.5 Å². The Morgan fingerprint density at radius 1 is 1.43 bits per heavy atom. The van der Waals surface area contributed by atoms with Gasteiger partial charge in [0.25, 0.3) is 0 Å².